The van der Waals surface area contributed by atoms with Gasteiger partial charge in [-0.2, -0.15) is 0 Å². The Bertz CT molecular complexity index is 544. The van der Waals surface area contributed by atoms with Crippen LogP contribution in [0.3, 0.4) is 0 Å². The van der Waals surface area contributed by atoms with Gasteiger partial charge >= 0.3 is 0 Å². The summed E-state index contributed by atoms with van der Waals surface area (Å²) in [4.78, 5) is 6.96. The molecule has 0 aliphatic carbocycles. The standard InChI is InChI=1S/C18H22N2O/c1-21-18-10-12-20(14-16-9-5-6-11-19-16)17(18)13-15-7-3-2-4-8-15/h2-9,11,17-18H,10,12-14H2,1H3/t17-,18+/m0/s1. The summed E-state index contributed by atoms with van der Waals surface area (Å²) in [5, 5.41) is 0. The van der Waals surface area contributed by atoms with Gasteiger partial charge in [-0.3, -0.25) is 9.88 Å². The zero-order chi connectivity index (χ0) is 14.5. The largest absolute Gasteiger partial charge is 0.380 e. The molecule has 1 fully saturated rings. The molecular formula is C18H22N2O. The van der Waals surface area contributed by atoms with Crippen molar-refractivity contribution in [1.82, 2.24) is 9.88 Å². The van der Waals surface area contributed by atoms with Crippen LogP contribution in [0.2, 0.25) is 0 Å². The van der Waals surface area contributed by atoms with Crippen LogP contribution < -0.4 is 0 Å². The Morgan fingerprint density at radius 3 is 2.67 bits per heavy atom. The second-order valence-electron chi connectivity index (χ2n) is 5.61. The van der Waals surface area contributed by atoms with Crippen LogP contribution in [0, 0.1) is 0 Å². The van der Waals surface area contributed by atoms with Gasteiger partial charge in [0.2, 0.25) is 0 Å². The third-order valence-corrected chi connectivity index (χ3v) is 4.28. The Morgan fingerprint density at radius 2 is 1.95 bits per heavy atom. The molecular weight excluding hydrogens is 260 g/mol. The van der Waals surface area contributed by atoms with Crippen LogP contribution in [0.25, 0.3) is 0 Å². The first-order chi connectivity index (χ1) is 10.4. The smallest absolute Gasteiger partial charge is 0.0742 e. The Balaban J connectivity index is 1.73. The number of aromatic nitrogens is 1. The number of rotatable bonds is 5. The fraction of sp³-hybridized carbons (Fsp3) is 0.389. The molecule has 0 bridgehead atoms. The van der Waals surface area contributed by atoms with Crippen molar-refractivity contribution in [2.24, 2.45) is 0 Å². The second kappa shape index (κ2) is 6.83. The maximum Gasteiger partial charge on any atom is 0.0742 e. The molecule has 0 saturated carbocycles. The van der Waals surface area contributed by atoms with Crippen LogP contribution in [0.15, 0.2) is 54.7 Å². The van der Waals surface area contributed by atoms with Crippen LogP contribution in [-0.4, -0.2) is 35.7 Å². The van der Waals surface area contributed by atoms with Crippen LogP contribution in [0.5, 0.6) is 0 Å². The van der Waals surface area contributed by atoms with Crippen molar-refractivity contribution in [3.8, 4) is 0 Å². The molecule has 3 rings (SSSR count). The predicted molar refractivity (Wildman–Crippen MR) is 84.0 cm³/mol. The van der Waals surface area contributed by atoms with Gasteiger partial charge in [0, 0.05) is 32.4 Å². The minimum absolute atomic E-state index is 0.314. The van der Waals surface area contributed by atoms with E-state index in [4.69, 9.17) is 4.74 Å². The highest BCUT2D eigenvalue weighted by molar-refractivity contribution is 5.17. The van der Waals surface area contributed by atoms with Crippen molar-refractivity contribution >= 4 is 0 Å². The first kappa shape index (κ1) is 14.2. The number of methoxy groups -OCH3 is 1. The number of hydrogen-bond acceptors (Lipinski definition) is 3. The van der Waals surface area contributed by atoms with E-state index in [-0.39, 0.29) is 0 Å². The lowest BCUT2D eigenvalue weighted by Gasteiger charge is -2.27. The maximum absolute atomic E-state index is 5.70. The number of benzene rings is 1. The maximum atomic E-state index is 5.70. The fourth-order valence-electron chi connectivity index (χ4n) is 3.17. The lowest BCUT2D eigenvalue weighted by atomic mass is 10.0. The number of hydrogen-bond donors (Lipinski definition) is 0. The van der Waals surface area contributed by atoms with Crippen molar-refractivity contribution in [1.29, 1.82) is 0 Å². The molecule has 2 heterocycles. The van der Waals surface area contributed by atoms with Crippen LogP contribution >= 0.6 is 0 Å². The molecule has 0 amide bonds. The number of likely N-dealkylation sites (tertiary alicyclic amines) is 1. The van der Waals surface area contributed by atoms with Crippen molar-refractivity contribution in [3.63, 3.8) is 0 Å². The van der Waals surface area contributed by atoms with E-state index >= 15 is 0 Å². The van der Waals surface area contributed by atoms with Gasteiger partial charge < -0.3 is 4.74 Å². The molecule has 3 heteroatoms. The van der Waals surface area contributed by atoms with Crippen LogP contribution in [-0.2, 0) is 17.7 Å². The molecule has 110 valence electrons. The molecule has 21 heavy (non-hydrogen) atoms. The quantitative estimate of drug-likeness (QED) is 0.843. The summed E-state index contributed by atoms with van der Waals surface area (Å²) in [5.74, 6) is 0. The van der Waals surface area contributed by atoms with E-state index in [1.807, 2.05) is 19.4 Å². The van der Waals surface area contributed by atoms with Gasteiger partial charge in [-0.1, -0.05) is 36.4 Å². The Labute approximate surface area is 126 Å². The van der Waals surface area contributed by atoms with E-state index in [0.29, 0.717) is 12.1 Å². The van der Waals surface area contributed by atoms with Crippen molar-refractivity contribution in [2.75, 3.05) is 13.7 Å². The van der Waals surface area contributed by atoms with Gasteiger partial charge in [-0.15, -0.1) is 0 Å². The van der Waals surface area contributed by atoms with Gasteiger partial charge in [0.05, 0.1) is 11.8 Å². The van der Waals surface area contributed by atoms with E-state index < -0.39 is 0 Å². The average molecular weight is 282 g/mol. The number of pyridine rings is 1. The summed E-state index contributed by atoms with van der Waals surface area (Å²) < 4.78 is 5.70. The van der Waals surface area contributed by atoms with Crippen LogP contribution in [0.1, 0.15) is 17.7 Å². The zero-order valence-electron chi connectivity index (χ0n) is 12.5. The van der Waals surface area contributed by atoms with Crippen molar-refractivity contribution in [3.05, 3.63) is 66.0 Å². The highest BCUT2D eigenvalue weighted by Crippen LogP contribution is 2.25. The molecule has 0 N–H and O–H groups in total. The minimum atomic E-state index is 0.314. The lowest BCUT2D eigenvalue weighted by molar-refractivity contribution is 0.0635. The molecule has 1 aliphatic rings. The molecule has 0 spiro atoms. The van der Waals surface area contributed by atoms with Gasteiger partial charge in [0.25, 0.3) is 0 Å². The molecule has 3 nitrogen and oxygen atoms in total. The molecule has 1 saturated heterocycles. The molecule has 1 aromatic heterocycles. The highest BCUT2D eigenvalue weighted by atomic mass is 16.5. The minimum Gasteiger partial charge on any atom is -0.380 e. The summed E-state index contributed by atoms with van der Waals surface area (Å²) in [7, 11) is 1.83. The van der Waals surface area contributed by atoms with E-state index in [1.54, 1.807) is 0 Å². The summed E-state index contributed by atoms with van der Waals surface area (Å²) in [6.45, 7) is 1.98. The Hall–Kier alpha value is -1.71. The lowest BCUT2D eigenvalue weighted by Crippen LogP contribution is -2.37. The van der Waals surface area contributed by atoms with Crippen molar-refractivity contribution < 1.29 is 4.74 Å². The third-order valence-electron chi connectivity index (χ3n) is 4.28. The normalized spacial score (nSPS) is 22.5. The van der Waals surface area contributed by atoms with Gasteiger partial charge in [-0.25, -0.2) is 0 Å². The average Bonchev–Trinajstić information content (AvgIpc) is 2.91. The molecule has 2 atom stereocenters. The summed E-state index contributed by atoms with van der Waals surface area (Å²) in [6.07, 6.45) is 4.31. The van der Waals surface area contributed by atoms with Crippen LogP contribution in [0.4, 0.5) is 0 Å². The molecule has 0 unspecified atom stereocenters. The van der Waals surface area contributed by atoms with E-state index in [2.05, 4.69) is 52.3 Å². The monoisotopic (exact) mass is 282 g/mol. The number of nitrogens with zero attached hydrogens (tertiary/aromatic N) is 2. The van der Waals surface area contributed by atoms with Crippen molar-refractivity contribution in [2.45, 2.75) is 31.5 Å². The SMILES string of the molecule is CO[C@@H]1CCN(Cc2ccccn2)[C@H]1Cc1ccccc1. The summed E-state index contributed by atoms with van der Waals surface area (Å²) in [6, 6.07) is 17.2. The van der Waals surface area contributed by atoms with Gasteiger partial charge in [-0.05, 0) is 30.5 Å². The van der Waals surface area contributed by atoms with E-state index in [1.165, 1.54) is 5.56 Å². The number of ether oxygens (including phenoxy) is 1. The van der Waals surface area contributed by atoms with E-state index in [0.717, 1.165) is 31.6 Å². The molecule has 1 aromatic carbocycles. The Morgan fingerprint density at radius 1 is 1.14 bits per heavy atom. The van der Waals surface area contributed by atoms with E-state index in [9.17, 15) is 0 Å². The summed E-state index contributed by atoms with van der Waals surface area (Å²) >= 11 is 0. The predicted octanol–water partition coefficient (Wildman–Crippen LogP) is 2.91. The Kier molecular flexibility index (Phi) is 4.63. The van der Waals surface area contributed by atoms with Gasteiger partial charge in [0.1, 0.15) is 0 Å². The molecule has 2 aromatic rings. The molecule has 0 radical (unpaired) electrons. The summed E-state index contributed by atoms with van der Waals surface area (Å²) in [5.41, 5.74) is 2.50. The third kappa shape index (κ3) is 3.49. The highest BCUT2D eigenvalue weighted by Gasteiger charge is 2.34. The molecule has 1 aliphatic heterocycles. The first-order valence-electron chi connectivity index (χ1n) is 7.57. The zero-order valence-corrected chi connectivity index (χ0v) is 12.5. The fourth-order valence-corrected chi connectivity index (χ4v) is 3.17. The topological polar surface area (TPSA) is 25.4 Å². The van der Waals surface area contributed by atoms with Gasteiger partial charge in [0.15, 0.2) is 0 Å². The second-order valence-corrected chi connectivity index (χ2v) is 5.61. The first-order valence-corrected chi connectivity index (χ1v) is 7.57.